The summed E-state index contributed by atoms with van der Waals surface area (Å²) in [6, 6.07) is 6.13. The number of sulfonamides is 1. The van der Waals surface area contributed by atoms with Crippen LogP contribution in [0.4, 0.5) is 9.18 Å². The molecule has 10 heteroatoms. The molecule has 4 amide bonds. The van der Waals surface area contributed by atoms with Crippen molar-refractivity contribution in [2.45, 2.75) is 30.6 Å². The van der Waals surface area contributed by atoms with E-state index in [9.17, 15) is 27.2 Å². The first-order chi connectivity index (χ1) is 14.1. The SMILES string of the molecule is Cc1cc(C(=O)NS(=O)(=O)C2CC2)c2c(c1)C1(NC(=O)NC1=O)c1cc(F)ccc1-2. The van der Waals surface area contributed by atoms with Crippen molar-refractivity contribution in [3.63, 3.8) is 0 Å². The molecule has 1 aliphatic heterocycles. The molecule has 1 saturated carbocycles. The van der Waals surface area contributed by atoms with Gasteiger partial charge in [-0.1, -0.05) is 12.1 Å². The molecular formula is C20H16FN3O5S. The van der Waals surface area contributed by atoms with E-state index in [1.807, 2.05) is 0 Å². The van der Waals surface area contributed by atoms with Crippen LogP contribution >= 0.6 is 0 Å². The Morgan fingerprint density at radius 3 is 2.53 bits per heavy atom. The maximum absolute atomic E-state index is 14.1. The van der Waals surface area contributed by atoms with Crippen LogP contribution in [0.25, 0.3) is 11.1 Å². The molecule has 2 aromatic rings. The number of benzene rings is 2. The lowest BCUT2D eigenvalue weighted by atomic mass is 9.86. The summed E-state index contributed by atoms with van der Waals surface area (Å²) < 4.78 is 40.8. The summed E-state index contributed by atoms with van der Waals surface area (Å²) in [5, 5.41) is 4.15. The van der Waals surface area contributed by atoms with Crippen LogP contribution in [-0.2, 0) is 20.4 Å². The van der Waals surface area contributed by atoms with Gasteiger partial charge in [0, 0.05) is 22.3 Å². The number of hydrogen-bond acceptors (Lipinski definition) is 5. The van der Waals surface area contributed by atoms with Gasteiger partial charge in [-0.3, -0.25) is 14.9 Å². The first-order valence-electron chi connectivity index (χ1n) is 9.28. The normalized spacial score (nSPS) is 21.8. The van der Waals surface area contributed by atoms with Crippen molar-refractivity contribution < 1.29 is 27.2 Å². The van der Waals surface area contributed by atoms with E-state index in [1.165, 1.54) is 18.2 Å². The van der Waals surface area contributed by atoms with Crippen molar-refractivity contribution >= 4 is 27.9 Å². The molecule has 5 rings (SSSR count). The van der Waals surface area contributed by atoms with Gasteiger partial charge in [-0.2, -0.15) is 0 Å². The Labute approximate surface area is 170 Å². The number of rotatable bonds is 3. The number of carbonyl (C=O) groups excluding carboxylic acids is 3. The molecule has 2 aromatic carbocycles. The lowest BCUT2D eigenvalue weighted by Gasteiger charge is -2.23. The van der Waals surface area contributed by atoms with Gasteiger partial charge in [0.1, 0.15) is 5.82 Å². The molecule has 1 atom stereocenters. The Kier molecular flexibility index (Phi) is 3.67. The van der Waals surface area contributed by atoms with Gasteiger partial charge in [-0.15, -0.1) is 0 Å². The molecule has 0 radical (unpaired) electrons. The highest BCUT2D eigenvalue weighted by molar-refractivity contribution is 7.91. The zero-order chi connectivity index (χ0) is 21.4. The van der Waals surface area contributed by atoms with Crippen molar-refractivity contribution in [2.75, 3.05) is 0 Å². The van der Waals surface area contributed by atoms with Crippen molar-refractivity contribution in [3.05, 3.63) is 58.4 Å². The quantitative estimate of drug-likeness (QED) is 0.637. The second kappa shape index (κ2) is 5.88. The van der Waals surface area contributed by atoms with Gasteiger partial charge in [0.2, 0.25) is 10.0 Å². The minimum absolute atomic E-state index is 0.0351. The van der Waals surface area contributed by atoms with Gasteiger partial charge in [-0.25, -0.2) is 22.3 Å². The molecule has 3 aliphatic rings. The monoisotopic (exact) mass is 429 g/mol. The predicted octanol–water partition coefficient (Wildman–Crippen LogP) is 1.42. The van der Waals surface area contributed by atoms with Crippen LogP contribution in [0.2, 0.25) is 0 Å². The number of fused-ring (bicyclic) bond motifs is 5. The summed E-state index contributed by atoms with van der Waals surface area (Å²) in [6.45, 7) is 1.68. The largest absolute Gasteiger partial charge is 0.322 e. The van der Waals surface area contributed by atoms with Gasteiger partial charge >= 0.3 is 6.03 Å². The Hall–Kier alpha value is -3.27. The first-order valence-corrected chi connectivity index (χ1v) is 10.8. The summed E-state index contributed by atoms with van der Waals surface area (Å²) in [6.07, 6.45) is 0.984. The molecule has 2 aliphatic carbocycles. The minimum atomic E-state index is -3.80. The molecule has 154 valence electrons. The molecule has 2 fully saturated rings. The Balaban J connectivity index is 1.75. The van der Waals surface area contributed by atoms with E-state index >= 15 is 0 Å². The number of nitrogens with one attached hydrogen (secondary N) is 3. The molecule has 1 unspecified atom stereocenters. The van der Waals surface area contributed by atoms with Crippen LogP contribution in [-0.4, -0.2) is 31.5 Å². The lowest BCUT2D eigenvalue weighted by Crippen LogP contribution is -2.43. The molecule has 0 aromatic heterocycles. The highest BCUT2D eigenvalue weighted by Crippen LogP contribution is 2.51. The first kappa shape index (κ1) is 18.7. The number of hydrogen-bond donors (Lipinski definition) is 3. The third-order valence-corrected chi connectivity index (χ3v) is 7.47. The molecule has 1 saturated heterocycles. The van der Waals surface area contributed by atoms with Gasteiger partial charge in [0.25, 0.3) is 11.8 Å². The second-order valence-electron chi connectivity index (χ2n) is 7.76. The van der Waals surface area contributed by atoms with Gasteiger partial charge < -0.3 is 5.32 Å². The zero-order valence-corrected chi connectivity index (χ0v) is 16.5. The van der Waals surface area contributed by atoms with Crippen LogP contribution in [0.5, 0.6) is 0 Å². The molecule has 3 N–H and O–H groups in total. The van der Waals surface area contributed by atoms with Crippen LogP contribution in [0.15, 0.2) is 30.3 Å². The Morgan fingerprint density at radius 2 is 1.90 bits per heavy atom. The fraction of sp³-hybridized carbons (Fsp3) is 0.250. The number of carbonyl (C=O) groups is 3. The van der Waals surface area contributed by atoms with Gasteiger partial charge in [0.05, 0.1) is 5.25 Å². The summed E-state index contributed by atoms with van der Waals surface area (Å²) >= 11 is 0. The number of urea groups is 1. The summed E-state index contributed by atoms with van der Waals surface area (Å²) in [7, 11) is -3.80. The van der Waals surface area contributed by atoms with E-state index in [2.05, 4.69) is 15.4 Å². The maximum Gasteiger partial charge on any atom is 0.322 e. The number of imide groups is 1. The average Bonchev–Trinajstić information content (AvgIpc) is 3.43. The highest BCUT2D eigenvalue weighted by Gasteiger charge is 2.56. The summed E-state index contributed by atoms with van der Waals surface area (Å²) in [4.78, 5) is 37.8. The van der Waals surface area contributed by atoms with Crippen LogP contribution in [0.1, 0.15) is 39.9 Å². The predicted molar refractivity (Wildman–Crippen MR) is 103 cm³/mol. The second-order valence-corrected chi connectivity index (χ2v) is 9.72. The van der Waals surface area contributed by atoms with Crippen LogP contribution in [0.3, 0.4) is 0 Å². The van der Waals surface area contributed by atoms with Crippen molar-refractivity contribution in [1.82, 2.24) is 15.4 Å². The minimum Gasteiger partial charge on any atom is -0.316 e. The van der Waals surface area contributed by atoms with E-state index < -0.39 is 44.5 Å². The van der Waals surface area contributed by atoms with Crippen molar-refractivity contribution in [2.24, 2.45) is 0 Å². The van der Waals surface area contributed by atoms with Crippen LogP contribution < -0.4 is 15.4 Å². The van der Waals surface area contributed by atoms with Crippen molar-refractivity contribution in [3.8, 4) is 11.1 Å². The fourth-order valence-corrected chi connectivity index (χ4v) is 5.51. The zero-order valence-electron chi connectivity index (χ0n) is 15.7. The summed E-state index contributed by atoms with van der Waals surface area (Å²) in [5.41, 5.74) is 0.0534. The molecule has 0 bridgehead atoms. The van der Waals surface area contributed by atoms with Crippen molar-refractivity contribution in [1.29, 1.82) is 0 Å². The summed E-state index contributed by atoms with van der Waals surface area (Å²) in [5.74, 6) is -2.14. The lowest BCUT2D eigenvalue weighted by molar-refractivity contribution is -0.122. The van der Waals surface area contributed by atoms with E-state index in [1.54, 1.807) is 13.0 Å². The van der Waals surface area contributed by atoms with Gasteiger partial charge in [0.15, 0.2) is 5.54 Å². The number of halogens is 1. The number of aryl methyl sites for hydroxylation is 1. The van der Waals surface area contributed by atoms with E-state index in [0.717, 1.165) is 6.07 Å². The maximum atomic E-state index is 14.1. The van der Waals surface area contributed by atoms with E-state index in [0.29, 0.717) is 29.5 Å². The van der Waals surface area contributed by atoms with Crippen LogP contribution in [0, 0.1) is 12.7 Å². The molecular weight excluding hydrogens is 413 g/mol. The third-order valence-electron chi connectivity index (χ3n) is 5.65. The average molecular weight is 429 g/mol. The van der Waals surface area contributed by atoms with E-state index in [-0.39, 0.29) is 16.7 Å². The Bertz CT molecular complexity index is 1290. The number of amides is 4. The molecule has 8 nitrogen and oxygen atoms in total. The van der Waals surface area contributed by atoms with Gasteiger partial charge in [-0.05, 0) is 49.1 Å². The highest BCUT2D eigenvalue weighted by atomic mass is 32.2. The fourth-order valence-electron chi connectivity index (χ4n) is 4.22. The molecule has 30 heavy (non-hydrogen) atoms. The molecule has 1 heterocycles. The van der Waals surface area contributed by atoms with E-state index in [4.69, 9.17) is 0 Å². The topological polar surface area (TPSA) is 121 Å². The molecule has 1 spiro atoms. The standard InChI is InChI=1S/C20H16FN3O5S/c1-9-6-13(17(25)24-30(28,29)11-3-4-11)16-12-5-2-10(21)8-14(12)20(15(16)7-9)18(26)22-19(27)23-20/h2,5-8,11H,3-4H2,1H3,(H,24,25)(H2,22,23,26,27). The Morgan fingerprint density at radius 1 is 1.17 bits per heavy atom. The smallest absolute Gasteiger partial charge is 0.316 e. The third kappa shape index (κ3) is 2.49.